The van der Waals surface area contributed by atoms with Crippen molar-refractivity contribution in [3.05, 3.63) is 32.3 Å². The van der Waals surface area contributed by atoms with Crippen molar-refractivity contribution >= 4 is 27.3 Å². The second-order valence-corrected chi connectivity index (χ2v) is 4.91. The van der Waals surface area contributed by atoms with Crippen molar-refractivity contribution in [3.63, 3.8) is 0 Å². The van der Waals surface area contributed by atoms with Gasteiger partial charge >= 0.3 is 0 Å². The fraction of sp³-hybridized carbons (Fsp3) is 0.500. The third-order valence-electron chi connectivity index (χ3n) is 2.53. The molecule has 0 atom stereocenters. The van der Waals surface area contributed by atoms with Gasteiger partial charge in [-0.2, -0.15) is 0 Å². The molecule has 0 heterocycles. The van der Waals surface area contributed by atoms with Crippen molar-refractivity contribution in [2.24, 2.45) is 0 Å². The average Bonchev–Trinajstić information content (AvgIpc) is 2.32. The molecule has 5 nitrogen and oxygen atoms in total. The summed E-state index contributed by atoms with van der Waals surface area (Å²) in [6, 6.07) is 3.33. The van der Waals surface area contributed by atoms with Crippen molar-refractivity contribution in [2.75, 3.05) is 25.0 Å². The quantitative estimate of drug-likeness (QED) is 0.461. The lowest BCUT2D eigenvalue weighted by atomic mass is 10.2. The van der Waals surface area contributed by atoms with Gasteiger partial charge in [0.25, 0.3) is 5.69 Å². The van der Waals surface area contributed by atoms with Crippen molar-refractivity contribution in [1.29, 1.82) is 0 Å². The molecule has 0 aliphatic rings. The minimum absolute atomic E-state index is 0.136. The minimum Gasteiger partial charge on any atom is -0.383 e. The van der Waals surface area contributed by atoms with Crippen LogP contribution in [-0.2, 0) is 0 Å². The van der Waals surface area contributed by atoms with E-state index in [1.54, 1.807) is 13.0 Å². The molecule has 100 valence electrons. The summed E-state index contributed by atoms with van der Waals surface area (Å²) in [6.07, 6.45) is 1.11. The van der Waals surface area contributed by atoms with Gasteiger partial charge < -0.3 is 10.6 Å². The Hall–Kier alpha value is -1.14. The summed E-state index contributed by atoms with van der Waals surface area (Å²) in [5.74, 6) is 0. The maximum Gasteiger partial charge on any atom is 0.273 e. The van der Waals surface area contributed by atoms with E-state index < -0.39 is 0 Å². The van der Waals surface area contributed by atoms with Gasteiger partial charge in [0.05, 0.1) is 4.92 Å². The highest BCUT2D eigenvalue weighted by atomic mass is 79.9. The first-order chi connectivity index (χ1) is 8.56. The van der Waals surface area contributed by atoms with Crippen LogP contribution >= 0.6 is 15.9 Å². The van der Waals surface area contributed by atoms with E-state index in [0.29, 0.717) is 5.56 Å². The third-order valence-corrected chi connectivity index (χ3v) is 3.18. The van der Waals surface area contributed by atoms with Gasteiger partial charge in [-0.15, -0.1) is 0 Å². The minimum atomic E-state index is -0.368. The second kappa shape index (κ2) is 7.33. The zero-order valence-corrected chi connectivity index (χ0v) is 12.2. The van der Waals surface area contributed by atoms with Gasteiger partial charge in [-0.1, -0.05) is 6.92 Å². The van der Waals surface area contributed by atoms with Gasteiger partial charge in [0, 0.05) is 34.9 Å². The number of halogens is 1. The number of rotatable bonds is 7. The molecular formula is C12H18BrN3O2. The molecule has 0 radical (unpaired) electrons. The summed E-state index contributed by atoms with van der Waals surface area (Å²) < 4.78 is 0.718. The lowest BCUT2D eigenvalue weighted by molar-refractivity contribution is -0.385. The number of hydrogen-bond acceptors (Lipinski definition) is 4. The van der Waals surface area contributed by atoms with Gasteiger partial charge in [0.2, 0.25) is 0 Å². The largest absolute Gasteiger partial charge is 0.383 e. The van der Waals surface area contributed by atoms with E-state index in [1.165, 1.54) is 6.07 Å². The van der Waals surface area contributed by atoms with Crippen LogP contribution in [0.4, 0.5) is 11.4 Å². The standard InChI is InChI=1S/C12H18BrN3O2/c1-3-4-14-5-6-15-11-7-9(2)12(16(17)18)8-10(11)13/h7-8,14-15H,3-6H2,1-2H3. The maximum absolute atomic E-state index is 10.8. The molecule has 0 saturated heterocycles. The summed E-state index contributed by atoms with van der Waals surface area (Å²) in [5.41, 5.74) is 1.68. The molecule has 6 heteroatoms. The van der Waals surface area contributed by atoms with Crippen LogP contribution in [0.3, 0.4) is 0 Å². The molecule has 0 spiro atoms. The van der Waals surface area contributed by atoms with Crippen molar-refractivity contribution < 1.29 is 4.92 Å². The molecule has 1 aromatic carbocycles. The fourth-order valence-electron chi connectivity index (χ4n) is 1.59. The number of nitro benzene ring substituents is 1. The molecule has 0 unspecified atom stereocenters. The van der Waals surface area contributed by atoms with E-state index in [2.05, 4.69) is 33.5 Å². The van der Waals surface area contributed by atoms with E-state index >= 15 is 0 Å². The lowest BCUT2D eigenvalue weighted by Crippen LogP contribution is -2.22. The average molecular weight is 316 g/mol. The van der Waals surface area contributed by atoms with Gasteiger partial charge in [-0.25, -0.2) is 0 Å². The van der Waals surface area contributed by atoms with Crippen LogP contribution < -0.4 is 10.6 Å². The Balaban J connectivity index is 2.62. The first-order valence-corrected chi connectivity index (χ1v) is 6.74. The van der Waals surface area contributed by atoms with Gasteiger partial charge in [0.15, 0.2) is 0 Å². The molecule has 0 amide bonds. The molecule has 2 N–H and O–H groups in total. The summed E-state index contributed by atoms with van der Waals surface area (Å²) in [4.78, 5) is 10.4. The van der Waals surface area contributed by atoms with E-state index in [-0.39, 0.29) is 10.6 Å². The predicted octanol–water partition coefficient (Wildman–Crippen LogP) is 3.08. The Morgan fingerprint density at radius 1 is 1.33 bits per heavy atom. The van der Waals surface area contributed by atoms with E-state index in [0.717, 1.165) is 36.2 Å². The molecule has 1 rings (SSSR count). The highest BCUT2D eigenvalue weighted by Gasteiger charge is 2.13. The predicted molar refractivity (Wildman–Crippen MR) is 77.2 cm³/mol. The van der Waals surface area contributed by atoms with Gasteiger partial charge in [-0.05, 0) is 41.9 Å². The van der Waals surface area contributed by atoms with Crippen LogP contribution in [-0.4, -0.2) is 24.6 Å². The Morgan fingerprint density at radius 3 is 2.67 bits per heavy atom. The second-order valence-electron chi connectivity index (χ2n) is 4.05. The topological polar surface area (TPSA) is 67.2 Å². The number of nitrogens with one attached hydrogen (secondary N) is 2. The van der Waals surface area contributed by atoms with Crippen LogP contribution in [0, 0.1) is 17.0 Å². The van der Waals surface area contributed by atoms with Crippen molar-refractivity contribution in [3.8, 4) is 0 Å². The Morgan fingerprint density at radius 2 is 2.06 bits per heavy atom. The number of nitro groups is 1. The molecule has 1 aromatic rings. The highest BCUT2D eigenvalue weighted by Crippen LogP contribution is 2.30. The van der Waals surface area contributed by atoms with Crippen LogP contribution in [0.2, 0.25) is 0 Å². The Kier molecular flexibility index (Phi) is 6.07. The molecule has 0 bridgehead atoms. The summed E-state index contributed by atoms with van der Waals surface area (Å²) in [6.45, 7) is 6.52. The number of nitrogens with zero attached hydrogens (tertiary/aromatic N) is 1. The van der Waals surface area contributed by atoms with E-state index in [4.69, 9.17) is 0 Å². The van der Waals surface area contributed by atoms with Crippen LogP contribution in [0.5, 0.6) is 0 Å². The number of aryl methyl sites for hydroxylation is 1. The first kappa shape index (κ1) is 14.9. The summed E-state index contributed by atoms with van der Waals surface area (Å²) in [7, 11) is 0. The molecule has 0 aromatic heterocycles. The molecule has 18 heavy (non-hydrogen) atoms. The van der Waals surface area contributed by atoms with Crippen molar-refractivity contribution in [1.82, 2.24) is 5.32 Å². The van der Waals surface area contributed by atoms with Gasteiger partial charge in [0.1, 0.15) is 0 Å². The summed E-state index contributed by atoms with van der Waals surface area (Å²) in [5, 5.41) is 17.3. The Labute approximate surface area is 115 Å². The van der Waals surface area contributed by atoms with Crippen LogP contribution in [0.1, 0.15) is 18.9 Å². The maximum atomic E-state index is 10.8. The molecule has 0 fully saturated rings. The highest BCUT2D eigenvalue weighted by molar-refractivity contribution is 9.10. The van der Waals surface area contributed by atoms with Crippen LogP contribution in [0.25, 0.3) is 0 Å². The number of hydrogen-bond donors (Lipinski definition) is 2. The van der Waals surface area contributed by atoms with Crippen LogP contribution in [0.15, 0.2) is 16.6 Å². The monoisotopic (exact) mass is 315 g/mol. The molecule has 0 aliphatic carbocycles. The zero-order valence-electron chi connectivity index (χ0n) is 10.6. The fourth-order valence-corrected chi connectivity index (χ4v) is 2.06. The Bertz CT molecular complexity index is 424. The van der Waals surface area contributed by atoms with E-state index in [1.807, 2.05) is 0 Å². The summed E-state index contributed by atoms with van der Waals surface area (Å²) >= 11 is 3.35. The number of anilines is 1. The smallest absolute Gasteiger partial charge is 0.273 e. The normalized spacial score (nSPS) is 10.4. The molecule has 0 aliphatic heterocycles. The SMILES string of the molecule is CCCNCCNc1cc(C)c([N+](=O)[O-])cc1Br. The first-order valence-electron chi connectivity index (χ1n) is 5.95. The zero-order chi connectivity index (χ0) is 13.5. The molecule has 0 saturated carbocycles. The van der Waals surface area contributed by atoms with Gasteiger partial charge in [-0.3, -0.25) is 10.1 Å². The number of benzene rings is 1. The lowest BCUT2D eigenvalue weighted by Gasteiger charge is -2.10. The third kappa shape index (κ3) is 4.27. The molecular weight excluding hydrogens is 298 g/mol. The van der Waals surface area contributed by atoms with Crippen molar-refractivity contribution in [2.45, 2.75) is 20.3 Å². The van der Waals surface area contributed by atoms with E-state index in [9.17, 15) is 10.1 Å².